The standard InChI is InChI=1S/C16H16ClNO5S/c1-21-12-4-6-16(15(10-12)22-2)24(19,20)18-7-8-23-14-5-3-11(17)9-13(14)18/h3-6,9-10H,7-8H2,1-2H3. The van der Waals surface area contributed by atoms with E-state index in [0.29, 0.717) is 22.2 Å². The first kappa shape index (κ1) is 16.7. The molecule has 0 unspecified atom stereocenters. The first-order chi connectivity index (χ1) is 11.5. The molecule has 1 aliphatic heterocycles. The second kappa shape index (κ2) is 6.41. The van der Waals surface area contributed by atoms with Gasteiger partial charge in [-0.3, -0.25) is 4.31 Å². The van der Waals surface area contributed by atoms with Crippen LogP contribution in [0.3, 0.4) is 0 Å². The van der Waals surface area contributed by atoms with Crippen molar-refractivity contribution in [2.24, 2.45) is 0 Å². The molecule has 2 aromatic carbocycles. The summed E-state index contributed by atoms with van der Waals surface area (Å²) >= 11 is 6.02. The molecule has 0 aliphatic carbocycles. The van der Waals surface area contributed by atoms with Crippen LogP contribution in [0, 0.1) is 0 Å². The molecule has 0 spiro atoms. The Kier molecular flexibility index (Phi) is 4.47. The smallest absolute Gasteiger partial charge is 0.268 e. The molecule has 0 fully saturated rings. The molecule has 0 aromatic heterocycles. The lowest BCUT2D eigenvalue weighted by molar-refractivity contribution is 0.315. The summed E-state index contributed by atoms with van der Waals surface area (Å²) in [5.74, 6) is 1.20. The lowest BCUT2D eigenvalue weighted by Crippen LogP contribution is -2.38. The normalized spacial score (nSPS) is 13.9. The van der Waals surface area contributed by atoms with Gasteiger partial charge in [0, 0.05) is 11.1 Å². The summed E-state index contributed by atoms with van der Waals surface area (Å²) in [5, 5.41) is 0.432. The molecule has 0 N–H and O–H groups in total. The molecule has 0 saturated carbocycles. The van der Waals surface area contributed by atoms with Gasteiger partial charge >= 0.3 is 0 Å². The predicted molar refractivity (Wildman–Crippen MR) is 91.0 cm³/mol. The quantitative estimate of drug-likeness (QED) is 0.829. The second-order valence-corrected chi connectivity index (χ2v) is 7.32. The van der Waals surface area contributed by atoms with E-state index in [9.17, 15) is 8.42 Å². The van der Waals surface area contributed by atoms with Gasteiger partial charge in [-0.25, -0.2) is 8.42 Å². The van der Waals surface area contributed by atoms with Crippen molar-refractivity contribution in [3.8, 4) is 17.2 Å². The molecule has 0 bridgehead atoms. The van der Waals surface area contributed by atoms with Crippen molar-refractivity contribution >= 4 is 27.3 Å². The summed E-state index contributed by atoms with van der Waals surface area (Å²) in [6, 6.07) is 9.46. The summed E-state index contributed by atoms with van der Waals surface area (Å²) in [6.45, 7) is 0.442. The highest BCUT2D eigenvalue weighted by Gasteiger charge is 2.32. The van der Waals surface area contributed by atoms with E-state index >= 15 is 0 Å². The zero-order valence-electron chi connectivity index (χ0n) is 13.2. The van der Waals surface area contributed by atoms with Crippen molar-refractivity contribution < 1.29 is 22.6 Å². The van der Waals surface area contributed by atoms with E-state index in [4.69, 9.17) is 25.8 Å². The molecule has 8 heteroatoms. The summed E-state index contributed by atoms with van der Waals surface area (Å²) < 4.78 is 43.4. The minimum atomic E-state index is -3.85. The van der Waals surface area contributed by atoms with E-state index in [1.54, 1.807) is 24.3 Å². The van der Waals surface area contributed by atoms with Crippen LogP contribution in [0.25, 0.3) is 0 Å². The first-order valence-electron chi connectivity index (χ1n) is 7.14. The third-order valence-electron chi connectivity index (χ3n) is 3.68. The van der Waals surface area contributed by atoms with Crippen LogP contribution in [0.4, 0.5) is 5.69 Å². The van der Waals surface area contributed by atoms with Crippen molar-refractivity contribution in [1.82, 2.24) is 0 Å². The van der Waals surface area contributed by atoms with E-state index in [1.165, 1.54) is 30.7 Å². The molecule has 0 atom stereocenters. The Morgan fingerprint density at radius 3 is 2.62 bits per heavy atom. The molecular formula is C16H16ClNO5S. The zero-order valence-corrected chi connectivity index (χ0v) is 14.7. The largest absolute Gasteiger partial charge is 0.497 e. The number of fused-ring (bicyclic) bond motifs is 1. The highest BCUT2D eigenvalue weighted by molar-refractivity contribution is 7.93. The van der Waals surface area contributed by atoms with Crippen molar-refractivity contribution in [2.45, 2.75) is 4.90 Å². The Morgan fingerprint density at radius 2 is 1.92 bits per heavy atom. The van der Waals surface area contributed by atoms with Crippen LogP contribution in [-0.2, 0) is 10.0 Å². The van der Waals surface area contributed by atoms with Crippen LogP contribution in [0.2, 0.25) is 5.02 Å². The number of methoxy groups -OCH3 is 2. The SMILES string of the molecule is COc1ccc(S(=O)(=O)N2CCOc3ccc(Cl)cc32)c(OC)c1. The van der Waals surface area contributed by atoms with Crippen LogP contribution in [0.5, 0.6) is 17.2 Å². The van der Waals surface area contributed by atoms with Gasteiger partial charge in [-0.15, -0.1) is 0 Å². The predicted octanol–water partition coefficient (Wildman–Crippen LogP) is 2.94. The summed E-state index contributed by atoms with van der Waals surface area (Å²) in [5.41, 5.74) is 0.409. The fourth-order valence-corrected chi connectivity index (χ4v) is 4.28. The van der Waals surface area contributed by atoms with Crippen LogP contribution in [-0.4, -0.2) is 35.8 Å². The third-order valence-corrected chi connectivity index (χ3v) is 5.77. The van der Waals surface area contributed by atoms with Gasteiger partial charge in [0.25, 0.3) is 10.0 Å². The number of hydrogen-bond acceptors (Lipinski definition) is 5. The van der Waals surface area contributed by atoms with Gasteiger partial charge < -0.3 is 14.2 Å². The zero-order chi connectivity index (χ0) is 17.3. The lowest BCUT2D eigenvalue weighted by atomic mass is 10.2. The Labute approximate surface area is 145 Å². The van der Waals surface area contributed by atoms with Crippen molar-refractivity contribution in [2.75, 3.05) is 31.7 Å². The van der Waals surface area contributed by atoms with E-state index in [-0.39, 0.29) is 23.8 Å². The average molecular weight is 370 g/mol. The number of halogens is 1. The minimum Gasteiger partial charge on any atom is -0.497 e. The number of anilines is 1. The highest BCUT2D eigenvalue weighted by atomic mass is 35.5. The van der Waals surface area contributed by atoms with Crippen molar-refractivity contribution in [3.63, 3.8) is 0 Å². The highest BCUT2D eigenvalue weighted by Crippen LogP contribution is 2.39. The molecule has 0 saturated heterocycles. The van der Waals surface area contributed by atoms with Gasteiger partial charge in [-0.2, -0.15) is 0 Å². The number of rotatable bonds is 4. The van der Waals surface area contributed by atoms with E-state index < -0.39 is 10.0 Å². The summed E-state index contributed by atoms with van der Waals surface area (Å²) in [6.07, 6.45) is 0. The van der Waals surface area contributed by atoms with Gasteiger partial charge in [-0.1, -0.05) is 11.6 Å². The fourth-order valence-electron chi connectivity index (χ4n) is 2.52. The molecule has 6 nitrogen and oxygen atoms in total. The van der Waals surface area contributed by atoms with E-state index in [1.807, 2.05) is 0 Å². The van der Waals surface area contributed by atoms with Gasteiger partial charge in [0.15, 0.2) is 0 Å². The Balaban J connectivity index is 2.12. The van der Waals surface area contributed by atoms with Crippen LogP contribution >= 0.6 is 11.6 Å². The first-order valence-corrected chi connectivity index (χ1v) is 8.96. The minimum absolute atomic E-state index is 0.0543. The Hall–Kier alpha value is -2.12. The third kappa shape index (κ3) is 2.85. The van der Waals surface area contributed by atoms with Gasteiger partial charge in [-0.05, 0) is 30.3 Å². The van der Waals surface area contributed by atoms with Crippen molar-refractivity contribution in [3.05, 3.63) is 41.4 Å². The second-order valence-electron chi connectivity index (χ2n) is 5.05. The molecular weight excluding hydrogens is 354 g/mol. The summed E-state index contributed by atoms with van der Waals surface area (Å²) in [4.78, 5) is 0.0543. The maximum absolute atomic E-state index is 13.1. The number of ether oxygens (including phenoxy) is 3. The van der Waals surface area contributed by atoms with Gasteiger partial charge in [0.1, 0.15) is 28.8 Å². The van der Waals surface area contributed by atoms with Crippen LogP contribution in [0.1, 0.15) is 0 Å². The van der Waals surface area contributed by atoms with Crippen LogP contribution in [0.15, 0.2) is 41.3 Å². The topological polar surface area (TPSA) is 65.1 Å². The molecule has 1 heterocycles. The number of sulfonamides is 1. The number of hydrogen-bond donors (Lipinski definition) is 0. The fraction of sp³-hybridized carbons (Fsp3) is 0.250. The average Bonchev–Trinajstić information content (AvgIpc) is 2.60. The molecule has 3 rings (SSSR count). The van der Waals surface area contributed by atoms with Gasteiger partial charge in [0.05, 0.1) is 26.5 Å². The maximum Gasteiger partial charge on any atom is 0.268 e. The molecule has 2 aromatic rings. The Morgan fingerprint density at radius 1 is 1.12 bits per heavy atom. The van der Waals surface area contributed by atoms with Gasteiger partial charge in [0.2, 0.25) is 0 Å². The Bertz CT molecular complexity index is 869. The molecule has 0 radical (unpaired) electrons. The molecule has 24 heavy (non-hydrogen) atoms. The van der Waals surface area contributed by atoms with E-state index in [2.05, 4.69) is 0 Å². The van der Waals surface area contributed by atoms with Crippen LogP contribution < -0.4 is 18.5 Å². The van der Waals surface area contributed by atoms with E-state index in [0.717, 1.165) is 0 Å². The lowest BCUT2D eigenvalue weighted by Gasteiger charge is -2.31. The molecule has 0 amide bonds. The molecule has 128 valence electrons. The number of nitrogens with zero attached hydrogens (tertiary/aromatic N) is 1. The number of benzene rings is 2. The maximum atomic E-state index is 13.1. The van der Waals surface area contributed by atoms with Crippen molar-refractivity contribution in [1.29, 1.82) is 0 Å². The molecule has 1 aliphatic rings. The summed E-state index contributed by atoms with van der Waals surface area (Å²) in [7, 11) is -0.928. The monoisotopic (exact) mass is 369 g/mol.